The lowest BCUT2D eigenvalue weighted by Crippen LogP contribution is -2.40. The molecule has 2 aliphatic rings. The van der Waals surface area contributed by atoms with Gasteiger partial charge in [-0.1, -0.05) is 6.92 Å². The maximum Gasteiger partial charge on any atom is 0.220 e. The van der Waals surface area contributed by atoms with E-state index in [1.54, 1.807) is 0 Å². The Bertz CT molecular complexity index is 269. The van der Waals surface area contributed by atoms with Crippen LogP contribution < -0.4 is 10.6 Å². The second-order valence-corrected chi connectivity index (χ2v) is 6.27. The average Bonchev–Trinajstić information content (AvgIpc) is 2.42. The topological polar surface area (TPSA) is 44.4 Å². The molecule has 0 atom stereocenters. The summed E-state index contributed by atoms with van der Waals surface area (Å²) >= 11 is 0. The number of amides is 1. The SMILES string of the molecule is CC1CCN(CCNC(=O)CC2CCNCC2)CC1. The van der Waals surface area contributed by atoms with Gasteiger partial charge >= 0.3 is 0 Å². The van der Waals surface area contributed by atoms with Crippen LogP contribution in [-0.2, 0) is 4.79 Å². The summed E-state index contributed by atoms with van der Waals surface area (Å²) in [5.74, 6) is 1.72. The number of rotatable bonds is 5. The Labute approximate surface area is 117 Å². The van der Waals surface area contributed by atoms with Gasteiger partial charge in [-0.2, -0.15) is 0 Å². The number of nitrogens with zero attached hydrogens (tertiary/aromatic N) is 1. The fourth-order valence-corrected chi connectivity index (χ4v) is 3.06. The molecule has 0 spiro atoms. The minimum Gasteiger partial charge on any atom is -0.355 e. The van der Waals surface area contributed by atoms with Crippen LogP contribution in [0, 0.1) is 11.8 Å². The molecule has 1 amide bonds. The molecule has 2 fully saturated rings. The van der Waals surface area contributed by atoms with E-state index in [9.17, 15) is 4.79 Å². The molecular formula is C15H29N3O. The number of carbonyl (C=O) groups excluding carboxylic acids is 1. The van der Waals surface area contributed by atoms with Crippen molar-refractivity contribution in [2.24, 2.45) is 11.8 Å². The van der Waals surface area contributed by atoms with Gasteiger partial charge in [-0.05, 0) is 63.7 Å². The van der Waals surface area contributed by atoms with Crippen LogP contribution in [0.5, 0.6) is 0 Å². The van der Waals surface area contributed by atoms with Crippen LogP contribution in [0.3, 0.4) is 0 Å². The van der Waals surface area contributed by atoms with Crippen molar-refractivity contribution in [1.82, 2.24) is 15.5 Å². The van der Waals surface area contributed by atoms with Gasteiger partial charge in [-0.15, -0.1) is 0 Å². The fourth-order valence-electron chi connectivity index (χ4n) is 3.06. The third-order valence-corrected chi connectivity index (χ3v) is 4.56. The molecule has 0 bridgehead atoms. The Morgan fingerprint density at radius 3 is 2.58 bits per heavy atom. The van der Waals surface area contributed by atoms with Crippen molar-refractivity contribution in [3.8, 4) is 0 Å². The summed E-state index contributed by atoms with van der Waals surface area (Å²) in [5.41, 5.74) is 0. The van der Waals surface area contributed by atoms with Gasteiger partial charge in [0.05, 0.1) is 0 Å². The standard InChI is InChI=1S/C15H29N3O/c1-13-4-9-18(10-5-13)11-8-17-15(19)12-14-2-6-16-7-3-14/h13-14,16H,2-12H2,1H3,(H,17,19). The lowest BCUT2D eigenvalue weighted by atomic mass is 9.94. The zero-order valence-corrected chi connectivity index (χ0v) is 12.3. The fraction of sp³-hybridized carbons (Fsp3) is 0.933. The Balaban J connectivity index is 1.53. The summed E-state index contributed by atoms with van der Waals surface area (Å²) in [7, 11) is 0. The zero-order valence-electron chi connectivity index (χ0n) is 12.3. The molecule has 110 valence electrons. The summed E-state index contributed by atoms with van der Waals surface area (Å²) in [6, 6.07) is 0. The van der Waals surface area contributed by atoms with E-state index in [-0.39, 0.29) is 5.91 Å². The molecule has 4 nitrogen and oxygen atoms in total. The molecule has 0 aliphatic carbocycles. The zero-order chi connectivity index (χ0) is 13.5. The lowest BCUT2D eigenvalue weighted by molar-refractivity contribution is -0.122. The van der Waals surface area contributed by atoms with E-state index in [1.165, 1.54) is 25.9 Å². The van der Waals surface area contributed by atoms with Gasteiger partial charge in [0, 0.05) is 19.5 Å². The summed E-state index contributed by atoms with van der Waals surface area (Å²) in [5, 5.41) is 6.43. The van der Waals surface area contributed by atoms with Gasteiger partial charge in [0.1, 0.15) is 0 Å². The van der Waals surface area contributed by atoms with Crippen molar-refractivity contribution < 1.29 is 4.79 Å². The second-order valence-electron chi connectivity index (χ2n) is 6.27. The maximum absolute atomic E-state index is 11.9. The highest BCUT2D eigenvalue weighted by atomic mass is 16.1. The van der Waals surface area contributed by atoms with E-state index >= 15 is 0 Å². The first-order chi connectivity index (χ1) is 9.24. The molecule has 4 heteroatoms. The van der Waals surface area contributed by atoms with Gasteiger partial charge in [0.2, 0.25) is 5.91 Å². The normalized spacial score (nSPS) is 23.4. The first kappa shape index (κ1) is 14.8. The quantitative estimate of drug-likeness (QED) is 0.787. The van der Waals surface area contributed by atoms with E-state index in [0.29, 0.717) is 5.92 Å². The van der Waals surface area contributed by atoms with Crippen LogP contribution >= 0.6 is 0 Å². The van der Waals surface area contributed by atoms with E-state index in [0.717, 1.165) is 51.4 Å². The number of hydrogen-bond acceptors (Lipinski definition) is 3. The number of carbonyl (C=O) groups is 1. The predicted molar refractivity (Wildman–Crippen MR) is 78.1 cm³/mol. The van der Waals surface area contributed by atoms with Crippen LogP contribution in [0.4, 0.5) is 0 Å². The van der Waals surface area contributed by atoms with E-state index in [1.807, 2.05) is 0 Å². The highest BCUT2D eigenvalue weighted by molar-refractivity contribution is 5.76. The van der Waals surface area contributed by atoms with Crippen molar-refractivity contribution >= 4 is 5.91 Å². The van der Waals surface area contributed by atoms with E-state index < -0.39 is 0 Å². The van der Waals surface area contributed by atoms with Gasteiger partial charge in [0.25, 0.3) is 0 Å². The van der Waals surface area contributed by atoms with Gasteiger partial charge in [-0.25, -0.2) is 0 Å². The van der Waals surface area contributed by atoms with Crippen molar-refractivity contribution in [3.63, 3.8) is 0 Å². The molecule has 0 aromatic rings. The Morgan fingerprint density at radius 2 is 1.89 bits per heavy atom. The molecule has 0 unspecified atom stereocenters. The number of hydrogen-bond donors (Lipinski definition) is 2. The summed E-state index contributed by atoms with van der Waals surface area (Å²) in [6.45, 7) is 8.71. The minimum absolute atomic E-state index is 0.247. The van der Waals surface area contributed by atoms with Crippen LogP contribution in [0.2, 0.25) is 0 Å². The van der Waals surface area contributed by atoms with Gasteiger partial charge < -0.3 is 15.5 Å². The number of likely N-dealkylation sites (tertiary alicyclic amines) is 1. The molecule has 0 aromatic heterocycles. The Morgan fingerprint density at radius 1 is 1.21 bits per heavy atom. The van der Waals surface area contributed by atoms with Crippen molar-refractivity contribution in [1.29, 1.82) is 0 Å². The average molecular weight is 267 g/mol. The van der Waals surface area contributed by atoms with Crippen LogP contribution in [0.25, 0.3) is 0 Å². The largest absolute Gasteiger partial charge is 0.355 e. The van der Waals surface area contributed by atoms with E-state index in [2.05, 4.69) is 22.5 Å². The molecule has 0 aromatic carbocycles. The van der Waals surface area contributed by atoms with Crippen LogP contribution in [-0.4, -0.2) is 50.1 Å². The highest BCUT2D eigenvalue weighted by Crippen LogP contribution is 2.16. The summed E-state index contributed by atoms with van der Waals surface area (Å²) in [6.07, 6.45) is 5.64. The first-order valence-electron chi connectivity index (χ1n) is 7.94. The number of piperidine rings is 2. The molecule has 2 heterocycles. The van der Waals surface area contributed by atoms with Gasteiger partial charge in [0.15, 0.2) is 0 Å². The monoisotopic (exact) mass is 267 g/mol. The molecule has 0 saturated carbocycles. The summed E-state index contributed by atoms with van der Waals surface area (Å²) < 4.78 is 0. The molecular weight excluding hydrogens is 238 g/mol. The number of nitrogens with one attached hydrogen (secondary N) is 2. The van der Waals surface area contributed by atoms with Crippen molar-refractivity contribution in [2.75, 3.05) is 39.3 Å². The first-order valence-corrected chi connectivity index (χ1v) is 7.94. The Kier molecular flexibility index (Phi) is 6.11. The Hall–Kier alpha value is -0.610. The molecule has 2 saturated heterocycles. The molecule has 0 radical (unpaired) electrons. The second kappa shape index (κ2) is 7.85. The third-order valence-electron chi connectivity index (χ3n) is 4.56. The van der Waals surface area contributed by atoms with Gasteiger partial charge in [-0.3, -0.25) is 4.79 Å². The lowest BCUT2D eigenvalue weighted by Gasteiger charge is -2.30. The van der Waals surface area contributed by atoms with Crippen molar-refractivity contribution in [2.45, 2.75) is 39.0 Å². The smallest absolute Gasteiger partial charge is 0.220 e. The van der Waals surface area contributed by atoms with Crippen LogP contribution in [0.15, 0.2) is 0 Å². The van der Waals surface area contributed by atoms with Crippen molar-refractivity contribution in [3.05, 3.63) is 0 Å². The van der Waals surface area contributed by atoms with Crippen LogP contribution in [0.1, 0.15) is 39.0 Å². The molecule has 19 heavy (non-hydrogen) atoms. The van der Waals surface area contributed by atoms with E-state index in [4.69, 9.17) is 0 Å². The molecule has 2 N–H and O–H groups in total. The minimum atomic E-state index is 0.247. The maximum atomic E-state index is 11.9. The predicted octanol–water partition coefficient (Wildman–Crippen LogP) is 1.22. The molecule has 2 rings (SSSR count). The third kappa shape index (κ3) is 5.49. The molecule has 2 aliphatic heterocycles. The summed E-state index contributed by atoms with van der Waals surface area (Å²) in [4.78, 5) is 14.3. The highest BCUT2D eigenvalue weighted by Gasteiger charge is 2.17.